The van der Waals surface area contributed by atoms with Crippen molar-refractivity contribution in [3.8, 4) is 0 Å². The number of aliphatic hydroxyl groups is 1. The molecule has 0 fully saturated rings. The lowest BCUT2D eigenvalue weighted by atomic mass is 10.2. The van der Waals surface area contributed by atoms with Crippen LogP contribution in [0.1, 0.15) is 5.82 Å². The average molecular weight is 178 g/mol. The van der Waals surface area contributed by atoms with Crippen molar-refractivity contribution in [1.29, 1.82) is 0 Å². The highest BCUT2D eigenvalue weighted by molar-refractivity contribution is 5.77. The minimum Gasteiger partial charge on any atom is -0.388 e. The van der Waals surface area contributed by atoms with Gasteiger partial charge in [-0.1, -0.05) is 0 Å². The van der Waals surface area contributed by atoms with Crippen LogP contribution in [-0.2, 0) is 6.61 Å². The minimum absolute atomic E-state index is 0.230. The number of hydrogen-bond acceptors (Lipinski definition) is 3. The first-order chi connectivity index (χ1) is 6.29. The van der Waals surface area contributed by atoms with Crippen molar-refractivity contribution in [2.45, 2.75) is 6.61 Å². The fourth-order valence-electron chi connectivity index (χ4n) is 1.11. The van der Waals surface area contributed by atoms with Crippen LogP contribution in [-0.4, -0.2) is 15.1 Å². The third-order valence-corrected chi connectivity index (χ3v) is 1.74. The van der Waals surface area contributed by atoms with Crippen LogP contribution in [0.4, 0.5) is 4.39 Å². The predicted molar refractivity (Wildman–Crippen MR) is 45.4 cm³/mol. The molecule has 0 atom stereocenters. The van der Waals surface area contributed by atoms with Crippen molar-refractivity contribution >= 4 is 10.9 Å². The number of aliphatic hydroxyl groups excluding tert-OH is 1. The van der Waals surface area contributed by atoms with Gasteiger partial charge in [-0.3, -0.25) is 0 Å². The Morgan fingerprint density at radius 2 is 2.23 bits per heavy atom. The van der Waals surface area contributed by atoms with Crippen molar-refractivity contribution in [3.05, 3.63) is 36.0 Å². The summed E-state index contributed by atoms with van der Waals surface area (Å²) in [4.78, 5) is 7.82. The molecule has 0 aliphatic heterocycles. The first-order valence-corrected chi connectivity index (χ1v) is 3.81. The van der Waals surface area contributed by atoms with Gasteiger partial charge in [-0.05, 0) is 12.1 Å². The van der Waals surface area contributed by atoms with Crippen molar-refractivity contribution < 1.29 is 9.50 Å². The lowest BCUT2D eigenvalue weighted by Gasteiger charge is -1.98. The summed E-state index contributed by atoms with van der Waals surface area (Å²) in [5.41, 5.74) is 0.513. The fraction of sp³-hybridized carbons (Fsp3) is 0.111. The van der Waals surface area contributed by atoms with E-state index in [0.717, 1.165) is 5.39 Å². The normalized spacial score (nSPS) is 10.6. The van der Waals surface area contributed by atoms with Crippen LogP contribution in [0, 0.1) is 5.82 Å². The lowest BCUT2D eigenvalue weighted by molar-refractivity contribution is 0.272. The van der Waals surface area contributed by atoms with Gasteiger partial charge in [0.05, 0.1) is 5.52 Å². The summed E-state index contributed by atoms with van der Waals surface area (Å²) < 4.78 is 12.7. The van der Waals surface area contributed by atoms with Gasteiger partial charge in [-0.15, -0.1) is 0 Å². The summed E-state index contributed by atoms with van der Waals surface area (Å²) in [6, 6.07) is 4.27. The molecule has 0 radical (unpaired) electrons. The third-order valence-electron chi connectivity index (χ3n) is 1.74. The van der Waals surface area contributed by atoms with Gasteiger partial charge < -0.3 is 5.11 Å². The number of aromatic nitrogens is 2. The van der Waals surface area contributed by atoms with Crippen LogP contribution in [0.5, 0.6) is 0 Å². The molecule has 66 valence electrons. The molecule has 4 heteroatoms. The molecule has 0 amide bonds. The summed E-state index contributed by atoms with van der Waals surface area (Å²) in [5, 5.41) is 9.51. The van der Waals surface area contributed by atoms with Gasteiger partial charge in [0.15, 0.2) is 5.82 Å². The second kappa shape index (κ2) is 3.06. The molecule has 0 saturated carbocycles. The SMILES string of the molecule is OCc1ncc2ccc(F)cc2n1. The molecule has 1 N–H and O–H groups in total. The molecule has 2 aromatic rings. The van der Waals surface area contributed by atoms with E-state index in [-0.39, 0.29) is 12.4 Å². The van der Waals surface area contributed by atoms with Crippen LogP contribution >= 0.6 is 0 Å². The van der Waals surface area contributed by atoms with E-state index >= 15 is 0 Å². The Bertz CT molecular complexity index is 445. The summed E-state index contributed by atoms with van der Waals surface area (Å²) in [5.74, 6) is -0.0341. The van der Waals surface area contributed by atoms with Crippen molar-refractivity contribution in [2.24, 2.45) is 0 Å². The maximum absolute atomic E-state index is 12.7. The maximum atomic E-state index is 12.7. The highest BCUT2D eigenvalue weighted by Gasteiger charge is 1.99. The Morgan fingerprint density at radius 3 is 3.00 bits per heavy atom. The molecule has 0 aliphatic carbocycles. The molecule has 0 saturated heterocycles. The van der Waals surface area contributed by atoms with E-state index in [9.17, 15) is 4.39 Å². The number of halogens is 1. The molecular weight excluding hydrogens is 171 g/mol. The lowest BCUT2D eigenvalue weighted by Crippen LogP contribution is -1.94. The number of nitrogens with zero attached hydrogens (tertiary/aromatic N) is 2. The van der Waals surface area contributed by atoms with E-state index in [1.807, 2.05) is 0 Å². The van der Waals surface area contributed by atoms with E-state index in [1.54, 1.807) is 12.3 Å². The Hall–Kier alpha value is -1.55. The zero-order valence-electron chi connectivity index (χ0n) is 6.74. The van der Waals surface area contributed by atoms with E-state index in [0.29, 0.717) is 11.3 Å². The summed E-state index contributed by atoms with van der Waals surface area (Å²) in [6.07, 6.45) is 1.56. The van der Waals surface area contributed by atoms with Crippen LogP contribution in [0.3, 0.4) is 0 Å². The number of fused-ring (bicyclic) bond motifs is 1. The zero-order valence-corrected chi connectivity index (χ0v) is 6.74. The van der Waals surface area contributed by atoms with Crippen LogP contribution in [0.25, 0.3) is 10.9 Å². The molecule has 1 aromatic carbocycles. The standard InChI is InChI=1S/C9H7FN2O/c10-7-2-1-6-4-11-9(5-13)12-8(6)3-7/h1-4,13H,5H2. The van der Waals surface area contributed by atoms with Gasteiger partial charge in [0.25, 0.3) is 0 Å². The molecular formula is C9H7FN2O. The van der Waals surface area contributed by atoms with E-state index in [2.05, 4.69) is 9.97 Å². The second-order valence-electron chi connectivity index (χ2n) is 2.65. The van der Waals surface area contributed by atoms with Crippen LogP contribution in [0.15, 0.2) is 24.4 Å². The van der Waals surface area contributed by atoms with E-state index in [1.165, 1.54) is 12.1 Å². The maximum Gasteiger partial charge on any atom is 0.154 e. The molecule has 0 bridgehead atoms. The Kier molecular flexibility index (Phi) is 1.90. The zero-order chi connectivity index (χ0) is 9.26. The molecule has 13 heavy (non-hydrogen) atoms. The Labute approximate surface area is 73.9 Å². The molecule has 0 aliphatic rings. The molecule has 3 nitrogen and oxygen atoms in total. The topological polar surface area (TPSA) is 46.0 Å². The molecule has 1 aromatic heterocycles. The smallest absolute Gasteiger partial charge is 0.154 e. The van der Waals surface area contributed by atoms with Gasteiger partial charge in [0.2, 0.25) is 0 Å². The first kappa shape index (κ1) is 8.07. The van der Waals surface area contributed by atoms with Gasteiger partial charge in [0, 0.05) is 17.6 Å². The van der Waals surface area contributed by atoms with Gasteiger partial charge in [-0.25, -0.2) is 14.4 Å². The third kappa shape index (κ3) is 1.48. The van der Waals surface area contributed by atoms with Gasteiger partial charge in [-0.2, -0.15) is 0 Å². The predicted octanol–water partition coefficient (Wildman–Crippen LogP) is 1.26. The van der Waals surface area contributed by atoms with Crippen molar-refractivity contribution in [1.82, 2.24) is 9.97 Å². The first-order valence-electron chi connectivity index (χ1n) is 3.81. The van der Waals surface area contributed by atoms with Gasteiger partial charge in [0.1, 0.15) is 12.4 Å². The number of benzene rings is 1. The summed E-state index contributed by atoms with van der Waals surface area (Å²) >= 11 is 0. The minimum atomic E-state index is -0.338. The Morgan fingerprint density at radius 1 is 1.38 bits per heavy atom. The van der Waals surface area contributed by atoms with E-state index in [4.69, 9.17) is 5.11 Å². The van der Waals surface area contributed by atoms with Crippen molar-refractivity contribution in [2.75, 3.05) is 0 Å². The highest BCUT2D eigenvalue weighted by Crippen LogP contribution is 2.11. The monoisotopic (exact) mass is 178 g/mol. The van der Waals surface area contributed by atoms with Crippen LogP contribution in [0.2, 0.25) is 0 Å². The van der Waals surface area contributed by atoms with Crippen LogP contribution < -0.4 is 0 Å². The number of rotatable bonds is 1. The summed E-state index contributed by atoms with van der Waals surface area (Å²) in [6.45, 7) is -0.230. The Balaban J connectivity index is 2.68. The van der Waals surface area contributed by atoms with E-state index < -0.39 is 0 Å². The molecule has 1 heterocycles. The number of hydrogen-bond donors (Lipinski definition) is 1. The fourth-order valence-corrected chi connectivity index (χ4v) is 1.11. The molecule has 0 spiro atoms. The summed E-state index contributed by atoms with van der Waals surface area (Å²) in [7, 11) is 0. The van der Waals surface area contributed by atoms with Crippen molar-refractivity contribution in [3.63, 3.8) is 0 Å². The largest absolute Gasteiger partial charge is 0.388 e. The second-order valence-corrected chi connectivity index (χ2v) is 2.65. The average Bonchev–Trinajstić information content (AvgIpc) is 2.16. The molecule has 0 unspecified atom stereocenters. The quantitative estimate of drug-likeness (QED) is 0.715. The van der Waals surface area contributed by atoms with Gasteiger partial charge >= 0.3 is 0 Å². The highest BCUT2D eigenvalue weighted by atomic mass is 19.1. The molecule has 2 rings (SSSR count).